The highest BCUT2D eigenvalue weighted by Gasteiger charge is 2.14. The Morgan fingerprint density at radius 3 is 2.59 bits per heavy atom. The molecule has 7 heteroatoms. The zero-order chi connectivity index (χ0) is 15.2. The monoisotopic (exact) mass is 300 g/mol. The van der Waals surface area contributed by atoms with Gasteiger partial charge in [0.05, 0.1) is 5.69 Å². The van der Waals surface area contributed by atoms with Crippen molar-refractivity contribution in [3.63, 3.8) is 0 Å². The van der Waals surface area contributed by atoms with E-state index in [0.717, 1.165) is 37.3 Å². The predicted octanol–water partition coefficient (Wildman–Crippen LogP) is 2.46. The average Bonchev–Trinajstić information content (AvgIpc) is 3.01. The Morgan fingerprint density at radius 1 is 1.09 bits per heavy atom. The van der Waals surface area contributed by atoms with Gasteiger partial charge in [0, 0.05) is 18.8 Å². The lowest BCUT2D eigenvalue weighted by Gasteiger charge is -2.25. The van der Waals surface area contributed by atoms with E-state index in [1.54, 1.807) is 4.68 Å². The van der Waals surface area contributed by atoms with Crippen LogP contribution >= 0.6 is 0 Å². The number of anilines is 1. The van der Waals surface area contributed by atoms with Crippen molar-refractivity contribution >= 4 is 11.7 Å². The molecule has 1 fully saturated rings. The maximum Gasteiger partial charge on any atom is 0.321 e. The zero-order valence-electron chi connectivity index (χ0n) is 12.5. The Kier molecular flexibility index (Phi) is 4.62. The third-order valence-corrected chi connectivity index (χ3v) is 3.85. The number of nitrogens with one attached hydrogen (secondary N) is 1. The second-order valence-electron chi connectivity index (χ2n) is 5.49. The number of carbonyl (C=O) groups excluding carboxylic acids is 1. The summed E-state index contributed by atoms with van der Waals surface area (Å²) in [5.74, 6) is 0. The van der Waals surface area contributed by atoms with E-state index in [4.69, 9.17) is 0 Å². The first-order valence-electron chi connectivity index (χ1n) is 7.72. The van der Waals surface area contributed by atoms with E-state index >= 15 is 0 Å². The SMILES string of the molecule is O=C(Nc1cccc(-n2cnnn2)c1)N1CCCCCCC1. The van der Waals surface area contributed by atoms with Crippen LogP contribution in [-0.4, -0.2) is 44.2 Å². The Labute approximate surface area is 129 Å². The van der Waals surface area contributed by atoms with Gasteiger partial charge in [-0.3, -0.25) is 0 Å². The van der Waals surface area contributed by atoms with Crippen LogP contribution in [0.2, 0.25) is 0 Å². The van der Waals surface area contributed by atoms with Crippen molar-refractivity contribution in [3.8, 4) is 5.69 Å². The van der Waals surface area contributed by atoms with Crippen LogP contribution < -0.4 is 5.32 Å². The fourth-order valence-corrected chi connectivity index (χ4v) is 2.66. The summed E-state index contributed by atoms with van der Waals surface area (Å²) in [4.78, 5) is 14.3. The van der Waals surface area contributed by atoms with Crippen LogP contribution in [0.3, 0.4) is 0 Å². The van der Waals surface area contributed by atoms with Gasteiger partial charge in [0.15, 0.2) is 0 Å². The molecular formula is C15H20N6O. The van der Waals surface area contributed by atoms with Gasteiger partial charge in [-0.1, -0.05) is 25.3 Å². The molecule has 22 heavy (non-hydrogen) atoms. The molecule has 7 nitrogen and oxygen atoms in total. The number of tetrazole rings is 1. The maximum absolute atomic E-state index is 12.4. The molecule has 0 unspecified atom stereocenters. The van der Waals surface area contributed by atoms with E-state index in [2.05, 4.69) is 20.8 Å². The van der Waals surface area contributed by atoms with Crippen molar-refractivity contribution in [1.82, 2.24) is 25.1 Å². The number of hydrogen-bond acceptors (Lipinski definition) is 4. The number of benzene rings is 1. The Hall–Kier alpha value is -2.44. The first-order chi connectivity index (χ1) is 10.8. The summed E-state index contributed by atoms with van der Waals surface area (Å²) in [6, 6.07) is 7.46. The summed E-state index contributed by atoms with van der Waals surface area (Å²) in [5, 5.41) is 14.1. The van der Waals surface area contributed by atoms with Gasteiger partial charge in [-0.05, 0) is 41.5 Å². The molecule has 0 spiro atoms. The van der Waals surface area contributed by atoms with Crippen LogP contribution in [0, 0.1) is 0 Å². The van der Waals surface area contributed by atoms with Crippen molar-refractivity contribution in [2.45, 2.75) is 32.1 Å². The van der Waals surface area contributed by atoms with Gasteiger partial charge in [-0.2, -0.15) is 0 Å². The Balaban J connectivity index is 1.67. The van der Waals surface area contributed by atoms with Gasteiger partial charge in [0.1, 0.15) is 6.33 Å². The molecule has 0 bridgehead atoms. The van der Waals surface area contributed by atoms with Gasteiger partial charge in [-0.25, -0.2) is 9.48 Å². The number of hydrogen-bond donors (Lipinski definition) is 1. The fourth-order valence-electron chi connectivity index (χ4n) is 2.66. The number of rotatable bonds is 2. The minimum Gasteiger partial charge on any atom is -0.325 e. The van der Waals surface area contributed by atoms with E-state index in [9.17, 15) is 4.79 Å². The second-order valence-corrected chi connectivity index (χ2v) is 5.49. The zero-order valence-corrected chi connectivity index (χ0v) is 12.5. The third kappa shape index (κ3) is 3.60. The second kappa shape index (κ2) is 7.02. The van der Waals surface area contributed by atoms with Crippen molar-refractivity contribution in [3.05, 3.63) is 30.6 Å². The highest BCUT2D eigenvalue weighted by atomic mass is 16.2. The minimum absolute atomic E-state index is 0.0317. The molecule has 1 aromatic heterocycles. The number of aromatic nitrogens is 4. The molecule has 2 heterocycles. The van der Waals surface area contributed by atoms with Crippen molar-refractivity contribution in [2.75, 3.05) is 18.4 Å². The molecule has 1 aliphatic rings. The molecule has 1 saturated heterocycles. The summed E-state index contributed by atoms with van der Waals surface area (Å²) in [6.07, 6.45) is 7.38. The van der Waals surface area contributed by atoms with E-state index in [-0.39, 0.29) is 6.03 Å². The topological polar surface area (TPSA) is 75.9 Å². The van der Waals surface area contributed by atoms with Crippen LogP contribution in [0.4, 0.5) is 10.5 Å². The molecule has 1 aromatic carbocycles. The molecule has 0 saturated carbocycles. The molecule has 0 atom stereocenters. The lowest BCUT2D eigenvalue weighted by Crippen LogP contribution is -2.37. The number of urea groups is 1. The van der Waals surface area contributed by atoms with E-state index in [0.29, 0.717) is 0 Å². The molecule has 2 aromatic rings. The van der Waals surface area contributed by atoms with Gasteiger partial charge in [-0.15, -0.1) is 5.10 Å². The summed E-state index contributed by atoms with van der Waals surface area (Å²) >= 11 is 0. The molecule has 1 aliphatic heterocycles. The van der Waals surface area contributed by atoms with Crippen LogP contribution in [0.5, 0.6) is 0 Å². The number of carbonyl (C=O) groups is 1. The van der Waals surface area contributed by atoms with Gasteiger partial charge in [0.2, 0.25) is 0 Å². The normalized spacial score (nSPS) is 15.9. The maximum atomic E-state index is 12.4. The number of likely N-dealkylation sites (tertiary alicyclic amines) is 1. The molecule has 1 N–H and O–H groups in total. The van der Waals surface area contributed by atoms with Crippen molar-refractivity contribution in [2.24, 2.45) is 0 Å². The summed E-state index contributed by atoms with van der Waals surface area (Å²) in [7, 11) is 0. The Bertz CT molecular complexity index is 604. The van der Waals surface area contributed by atoms with Crippen LogP contribution in [0.25, 0.3) is 5.69 Å². The minimum atomic E-state index is -0.0317. The summed E-state index contributed by atoms with van der Waals surface area (Å²) < 4.78 is 1.56. The lowest BCUT2D eigenvalue weighted by molar-refractivity contribution is 0.206. The third-order valence-electron chi connectivity index (χ3n) is 3.85. The van der Waals surface area contributed by atoms with E-state index < -0.39 is 0 Å². The predicted molar refractivity (Wildman–Crippen MR) is 82.8 cm³/mol. The largest absolute Gasteiger partial charge is 0.325 e. The van der Waals surface area contributed by atoms with Crippen molar-refractivity contribution in [1.29, 1.82) is 0 Å². The fraction of sp³-hybridized carbons (Fsp3) is 0.467. The standard InChI is InChI=1S/C15H20N6O/c22-15(20-9-4-2-1-3-5-10-20)17-13-7-6-8-14(11-13)21-12-16-18-19-21/h6-8,11-12H,1-5,9-10H2,(H,17,22). The highest BCUT2D eigenvalue weighted by molar-refractivity contribution is 5.89. The quantitative estimate of drug-likeness (QED) is 0.924. The molecule has 3 rings (SSSR count). The smallest absolute Gasteiger partial charge is 0.321 e. The molecule has 0 radical (unpaired) electrons. The van der Waals surface area contributed by atoms with Crippen LogP contribution in [0.1, 0.15) is 32.1 Å². The van der Waals surface area contributed by atoms with Crippen molar-refractivity contribution < 1.29 is 4.79 Å². The van der Waals surface area contributed by atoms with Gasteiger partial charge in [0.25, 0.3) is 0 Å². The molecule has 2 amide bonds. The highest BCUT2D eigenvalue weighted by Crippen LogP contribution is 2.15. The lowest BCUT2D eigenvalue weighted by atomic mass is 10.1. The van der Waals surface area contributed by atoms with E-state index in [1.807, 2.05) is 29.2 Å². The summed E-state index contributed by atoms with van der Waals surface area (Å²) in [6.45, 7) is 1.66. The number of amides is 2. The number of nitrogens with zero attached hydrogens (tertiary/aromatic N) is 5. The molecular weight excluding hydrogens is 280 g/mol. The van der Waals surface area contributed by atoms with E-state index in [1.165, 1.54) is 25.6 Å². The van der Waals surface area contributed by atoms with Crippen LogP contribution in [0.15, 0.2) is 30.6 Å². The Morgan fingerprint density at radius 2 is 1.86 bits per heavy atom. The summed E-state index contributed by atoms with van der Waals surface area (Å²) in [5.41, 5.74) is 1.57. The molecule has 0 aliphatic carbocycles. The van der Waals surface area contributed by atoms with Crippen LogP contribution in [-0.2, 0) is 0 Å². The average molecular weight is 300 g/mol. The molecule has 116 valence electrons. The van der Waals surface area contributed by atoms with Gasteiger partial charge < -0.3 is 10.2 Å². The van der Waals surface area contributed by atoms with Gasteiger partial charge >= 0.3 is 6.03 Å². The first kappa shape index (κ1) is 14.5. The first-order valence-corrected chi connectivity index (χ1v) is 7.72.